The van der Waals surface area contributed by atoms with Crippen LogP contribution in [0.2, 0.25) is 0 Å². The number of hydrogen-bond acceptors (Lipinski definition) is 4. The predicted molar refractivity (Wildman–Crippen MR) is 76.7 cm³/mol. The Labute approximate surface area is 111 Å². The highest BCUT2D eigenvalue weighted by atomic mass is 32.5. The first-order valence-electron chi connectivity index (χ1n) is 6.29. The zero-order chi connectivity index (χ0) is 13.5. The van der Waals surface area contributed by atoms with Crippen molar-refractivity contribution in [3.8, 4) is 0 Å². The van der Waals surface area contributed by atoms with Gasteiger partial charge < -0.3 is 13.6 Å². The molecule has 0 spiro atoms. The molecule has 0 aliphatic heterocycles. The molecule has 0 aromatic heterocycles. The number of hydrogen-bond donors (Lipinski definition) is 0. The Kier molecular flexibility index (Phi) is 8.87. The van der Waals surface area contributed by atoms with E-state index >= 15 is 0 Å². The largest absolute Gasteiger partial charge is 0.327 e. The van der Waals surface area contributed by atoms with Crippen LogP contribution >= 0.6 is 6.72 Å². The summed E-state index contributed by atoms with van der Waals surface area (Å²) < 4.78 is 17.0. The van der Waals surface area contributed by atoms with Gasteiger partial charge in [-0.15, -0.1) is 0 Å². The summed E-state index contributed by atoms with van der Waals surface area (Å²) in [5.41, 5.74) is 0. The summed E-state index contributed by atoms with van der Waals surface area (Å²) in [4.78, 5) is 0. The first-order valence-corrected chi connectivity index (χ1v) is 8.84. The lowest BCUT2D eigenvalue weighted by Crippen LogP contribution is -2.10. The molecule has 0 aliphatic carbocycles. The molecule has 3 nitrogen and oxygen atoms in total. The highest BCUT2D eigenvalue weighted by Crippen LogP contribution is 2.50. The average Bonchev–Trinajstić information content (AvgIpc) is 2.21. The highest BCUT2D eigenvalue weighted by molar-refractivity contribution is 8.07. The molecule has 0 aromatic carbocycles. The summed E-state index contributed by atoms with van der Waals surface area (Å²) in [6, 6.07) is 0. The Morgan fingerprint density at radius 2 is 0.941 bits per heavy atom. The number of rotatable bonds is 9. The maximum atomic E-state index is 5.67. The predicted octanol–water partition coefficient (Wildman–Crippen LogP) is 4.23. The molecule has 0 rings (SSSR count). The maximum absolute atomic E-state index is 5.67. The molecule has 0 bridgehead atoms. The molecular weight excluding hydrogens is 255 g/mol. The van der Waals surface area contributed by atoms with Crippen LogP contribution in [-0.2, 0) is 25.4 Å². The van der Waals surface area contributed by atoms with Crippen LogP contribution in [0.4, 0.5) is 0 Å². The van der Waals surface area contributed by atoms with Crippen LogP contribution in [0, 0.1) is 17.8 Å². The van der Waals surface area contributed by atoms with Gasteiger partial charge in [-0.1, -0.05) is 41.5 Å². The third-order valence-corrected chi connectivity index (χ3v) is 4.04. The van der Waals surface area contributed by atoms with Crippen molar-refractivity contribution < 1.29 is 13.6 Å². The van der Waals surface area contributed by atoms with E-state index in [1.165, 1.54) is 0 Å². The minimum Gasteiger partial charge on any atom is -0.308 e. The summed E-state index contributed by atoms with van der Waals surface area (Å²) in [6.07, 6.45) is 0. The van der Waals surface area contributed by atoms with Crippen molar-refractivity contribution in [2.75, 3.05) is 19.8 Å². The quantitative estimate of drug-likeness (QED) is 0.592. The summed E-state index contributed by atoms with van der Waals surface area (Å²) in [5, 5.41) is 0. The smallest absolute Gasteiger partial charge is 0.308 e. The molecule has 0 aromatic rings. The van der Waals surface area contributed by atoms with Gasteiger partial charge in [0.05, 0.1) is 19.8 Å². The minimum atomic E-state index is -2.55. The van der Waals surface area contributed by atoms with E-state index in [1.54, 1.807) is 0 Å². The maximum Gasteiger partial charge on any atom is 0.327 e. The third-order valence-electron chi connectivity index (χ3n) is 1.70. The SMILES string of the molecule is CC(C)COP(=S)(OCC(C)C)OCC(C)C. The van der Waals surface area contributed by atoms with Gasteiger partial charge >= 0.3 is 6.72 Å². The Morgan fingerprint density at radius 3 is 1.12 bits per heavy atom. The Balaban J connectivity index is 4.29. The van der Waals surface area contributed by atoms with E-state index in [0.29, 0.717) is 37.6 Å². The molecular formula is C12H27O3PS. The van der Waals surface area contributed by atoms with E-state index in [-0.39, 0.29) is 0 Å². The molecule has 0 fully saturated rings. The highest BCUT2D eigenvalue weighted by Gasteiger charge is 2.22. The van der Waals surface area contributed by atoms with Gasteiger partial charge in [0.25, 0.3) is 0 Å². The van der Waals surface area contributed by atoms with E-state index in [1.807, 2.05) is 0 Å². The monoisotopic (exact) mass is 282 g/mol. The molecule has 0 atom stereocenters. The normalized spacial score (nSPS) is 13.0. The zero-order valence-corrected chi connectivity index (χ0v) is 13.6. The van der Waals surface area contributed by atoms with E-state index in [0.717, 1.165) is 0 Å². The van der Waals surface area contributed by atoms with Crippen LogP contribution in [0.5, 0.6) is 0 Å². The van der Waals surface area contributed by atoms with Gasteiger partial charge in [-0.05, 0) is 29.6 Å². The van der Waals surface area contributed by atoms with Crippen molar-refractivity contribution in [3.05, 3.63) is 0 Å². The van der Waals surface area contributed by atoms with Crippen LogP contribution in [0.25, 0.3) is 0 Å². The standard InChI is InChI=1S/C12H27O3PS/c1-10(2)7-13-16(17,14-8-11(3)4)15-9-12(5)6/h10-12H,7-9H2,1-6H3. The van der Waals surface area contributed by atoms with Crippen LogP contribution in [0.1, 0.15) is 41.5 Å². The zero-order valence-electron chi connectivity index (χ0n) is 11.9. The fraction of sp³-hybridized carbons (Fsp3) is 1.00. The molecule has 0 N–H and O–H groups in total. The summed E-state index contributed by atoms with van der Waals surface area (Å²) in [7, 11) is 0. The summed E-state index contributed by atoms with van der Waals surface area (Å²) >= 11 is 5.40. The Morgan fingerprint density at radius 1 is 0.706 bits per heavy atom. The van der Waals surface area contributed by atoms with Crippen molar-refractivity contribution in [2.24, 2.45) is 17.8 Å². The van der Waals surface area contributed by atoms with Crippen molar-refractivity contribution in [1.82, 2.24) is 0 Å². The van der Waals surface area contributed by atoms with Gasteiger partial charge in [0, 0.05) is 0 Å². The molecule has 0 heterocycles. The van der Waals surface area contributed by atoms with Crippen molar-refractivity contribution in [3.63, 3.8) is 0 Å². The average molecular weight is 282 g/mol. The van der Waals surface area contributed by atoms with Gasteiger partial charge in [0.15, 0.2) is 0 Å². The van der Waals surface area contributed by atoms with Crippen molar-refractivity contribution >= 4 is 18.5 Å². The summed E-state index contributed by atoms with van der Waals surface area (Å²) in [5.74, 6) is 1.30. The van der Waals surface area contributed by atoms with Crippen LogP contribution in [0.15, 0.2) is 0 Å². The van der Waals surface area contributed by atoms with Crippen LogP contribution in [0.3, 0.4) is 0 Å². The van der Waals surface area contributed by atoms with Gasteiger partial charge in [0.2, 0.25) is 0 Å². The molecule has 5 heteroatoms. The fourth-order valence-electron chi connectivity index (χ4n) is 0.833. The molecule has 0 amide bonds. The fourth-order valence-corrected chi connectivity index (χ4v) is 3.05. The molecule has 0 radical (unpaired) electrons. The van der Waals surface area contributed by atoms with E-state index in [4.69, 9.17) is 25.4 Å². The molecule has 0 aliphatic rings. The second-order valence-corrected chi connectivity index (χ2v) is 8.53. The van der Waals surface area contributed by atoms with Gasteiger partial charge in [-0.3, -0.25) is 0 Å². The van der Waals surface area contributed by atoms with Gasteiger partial charge in [0.1, 0.15) is 0 Å². The first kappa shape index (κ1) is 17.5. The molecule has 104 valence electrons. The molecule has 0 saturated carbocycles. The second kappa shape index (κ2) is 8.60. The van der Waals surface area contributed by atoms with Crippen LogP contribution in [-0.4, -0.2) is 19.8 Å². The summed E-state index contributed by atoms with van der Waals surface area (Å²) in [6.45, 7) is 11.8. The van der Waals surface area contributed by atoms with Crippen LogP contribution < -0.4 is 0 Å². The topological polar surface area (TPSA) is 27.7 Å². The lowest BCUT2D eigenvalue weighted by atomic mass is 10.2. The van der Waals surface area contributed by atoms with Gasteiger partial charge in [-0.25, -0.2) is 0 Å². The molecule has 0 saturated heterocycles. The lowest BCUT2D eigenvalue weighted by Gasteiger charge is -2.24. The lowest BCUT2D eigenvalue weighted by molar-refractivity contribution is 0.126. The first-order chi connectivity index (χ1) is 7.75. The van der Waals surface area contributed by atoms with E-state index in [2.05, 4.69) is 41.5 Å². The Bertz CT molecular complexity index is 204. The van der Waals surface area contributed by atoms with Crippen molar-refractivity contribution in [1.29, 1.82) is 0 Å². The second-order valence-electron chi connectivity index (χ2n) is 5.52. The molecule has 0 unspecified atom stereocenters. The van der Waals surface area contributed by atoms with E-state index < -0.39 is 6.72 Å². The molecule has 17 heavy (non-hydrogen) atoms. The Hall–Kier alpha value is 0.530. The third kappa shape index (κ3) is 10.2. The van der Waals surface area contributed by atoms with Gasteiger partial charge in [-0.2, -0.15) is 0 Å². The van der Waals surface area contributed by atoms with Crippen molar-refractivity contribution in [2.45, 2.75) is 41.5 Å². The minimum absolute atomic E-state index is 0.433. The van der Waals surface area contributed by atoms with E-state index in [9.17, 15) is 0 Å².